The Morgan fingerprint density at radius 3 is 2.80 bits per heavy atom. The second-order valence-corrected chi connectivity index (χ2v) is 4.74. The van der Waals surface area contributed by atoms with Gasteiger partial charge in [-0.3, -0.25) is 4.79 Å². The zero-order valence-electron chi connectivity index (χ0n) is 10.8. The number of nitrogens with zero attached hydrogens (tertiary/aromatic N) is 1. The van der Waals surface area contributed by atoms with Crippen LogP contribution in [0, 0.1) is 0 Å². The minimum Gasteiger partial charge on any atom is -0.480 e. The molecule has 0 aliphatic carbocycles. The number of carbonyl (C=O) groups excluding carboxylic acids is 1. The molecular weight excluding hydrogens is 260 g/mol. The lowest BCUT2D eigenvalue weighted by Gasteiger charge is -2.19. The monoisotopic (exact) mass is 276 g/mol. The summed E-state index contributed by atoms with van der Waals surface area (Å²) in [6, 6.07) is 6.02. The highest BCUT2D eigenvalue weighted by Crippen LogP contribution is 2.19. The molecule has 1 aromatic carbocycles. The van der Waals surface area contributed by atoms with Crippen molar-refractivity contribution in [3.05, 3.63) is 35.9 Å². The van der Waals surface area contributed by atoms with Gasteiger partial charge in [-0.15, -0.1) is 0 Å². The summed E-state index contributed by atoms with van der Waals surface area (Å²) < 4.78 is 0. The zero-order valence-corrected chi connectivity index (χ0v) is 10.8. The Bertz CT molecular complexity index is 556. The summed E-state index contributed by atoms with van der Waals surface area (Å²) in [6.07, 6.45) is 2.14. The highest BCUT2D eigenvalue weighted by molar-refractivity contribution is 5.95. The van der Waals surface area contributed by atoms with E-state index in [0.717, 1.165) is 10.5 Å². The number of carbonyl (C=O) groups is 2. The number of nitrogen functional groups attached to an aromatic ring is 1. The van der Waals surface area contributed by atoms with E-state index in [2.05, 4.69) is 0 Å². The number of carboxylic acids is 1. The molecule has 1 aliphatic heterocycles. The van der Waals surface area contributed by atoms with E-state index in [9.17, 15) is 14.7 Å². The number of carboxylic acid groups (broad SMARTS) is 1. The predicted octanol–water partition coefficient (Wildman–Crippen LogP) is 0.328. The number of β-amino-alcohol motifs (C(OH)–C–C–N with tert-alkyl or cyclic N) is 1. The van der Waals surface area contributed by atoms with E-state index in [-0.39, 0.29) is 13.0 Å². The van der Waals surface area contributed by atoms with Gasteiger partial charge in [-0.1, -0.05) is 12.1 Å². The minimum atomic E-state index is -1.10. The highest BCUT2D eigenvalue weighted by Gasteiger charge is 2.37. The molecule has 0 saturated carbocycles. The molecule has 6 heteroatoms. The van der Waals surface area contributed by atoms with Crippen LogP contribution in [0.5, 0.6) is 0 Å². The molecule has 1 fully saturated rings. The number of anilines is 1. The summed E-state index contributed by atoms with van der Waals surface area (Å²) in [6.45, 7) is 0.0388. The number of aliphatic carboxylic acids is 1. The average molecular weight is 276 g/mol. The molecule has 0 spiro atoms. The van der Waals surface area contributed by atoms with E-state index in [1.807, 2.05) is 0 Å². The van der Waals surface area contributed by atoms with Crippen LogP contribution in [-0.2, 0) is 9.59 Å². The van der Waals surface area contributed by atoms with E-state index in [4.69, 9.17) is 10.8 Å². The van der Waals surface area contributed by atoms with Gasteiger partial charge >= 0.3 is 5.97 Å². The maximum Gasteiger partial charge on any atom is 0.326 e. The molecule has 2 rings (SSSR count). The van der Waals surface area contributed by atoms with Crippen LogP contribution in [0.1, 0.15) is 12.0 Å². The molecular formula is C14H16N2O4. The van der Waals surface area contributed by atoms with Crippen LogP contribution >= 0.6 is 0 Å². The van der Waals surface area contributed by atoms with E-state index >= 15 is 0 Å². The van der Waals surface area contributed by atoms with Crippen molar-refractivity contribution in [3.8, 4) is 0 Å². The summed E-state index contributed by atoms with van der Waals surface area (Å²) in [5, 5.41) is 18.5. The Morgan fingerprint density at radius 2 is 2.15 bits per heavy atom. The van der Waals surface area contributed by atoms with Gasteiger partial charge in [-0.2, -0.15) is 0 Å². The SMILES string of the molecule is Nc1cccc(/C=C/C(=O)N2C[C@@H](O)C[C@H]2C(=O)O)c1. The van der Waals surface area contributed by atoms with Gasteiger partial charge in [0, 0.05) is 24.7 Å². The number of likely N-dealkylation sites (tertiary alicyclic amines) is 1. The first-order valence-electron chi connectivity index (χ1n) is 6.22. The number of benzene rings is 1. The van der Waals surface area contributed by atoms with Crippen molar-refractivity contribution in [2.75, 3.05) is 12.3 Å². The highest BCUT2D eigenvalue weighted by atomic mass is 16.4. The second kappa shape index (κ2) is 5.75. The molecule has 0 radical (unpaired) electrons. The maximum atomic E-state index is 12.0. The molecule has 20 heavy (non-hydrogen) atoms. The molecule has 106 valence electrons. The lowest BCUT2D eigenvalue weighted by atomic mass is 10.2. The molecule has 1 heterocycles. The Kier molecular flexibility index (Phi) is 4.05. The van der Waals surface area contributed by atoms with Crippen LogP contribution < -0.4 is 5.73 Å². The largest absolute Gasteiger partial charge is 0.480 e. The standard InChI is InChI=1S/C14H16N2O4/c15-10-3-1-2-9(6-10)4-5-13(18)16-8-11(17)7-12(16)14(19)20/h1-6,11-12,17H,7-8,15H2,(H,19,20)/b5-4+/t11-,12-/m0/s1. The van der Waals surface area contributed by atoms with Crippen molar-refractivity contribution in [2.45, 2.75) is 18.6 Å². The van der Waals surface area contributed by atoms with Gasteiger partial charge in [0.15, 0.2) is 0 Å². The van der Waals surface area contributed by atoms with Crippen LogP contribution in [0.4, 0.5) is 5.69 Å². The van der Waals surface area contributed by atoms with Crippen molar-refractivity contribution in [1.29, 1.82) is 0 Å². The molecule has 1 amide bonds. The third kappa shape index (κ3) is 3.16. The lowest BCUT2D eigenvalue weighted by molar-refractivity contribution is -0.146. The third-order valence-electron chi connectivity index (χ3n) is 3.18. The average Bonchev–Trinajstić information content (AvgIpc) is 2.78. The van der Waals surface area contributed by atoms with Crippen LogP contribution in [0.15, 0.2) is 30.3 Å². The van der Waals surface area contributed by atoms with Gasteiger partial charge in [0.05, 0.1) is 6.10 Å². The fourth-order valence-corrected chi connectivity index (χ4v) is 2.22. The van der Waals surface area contributed by atoms with Crippen molar-refractivity contribution in [3.63, 3.8) is 0 Å². The first-order chi connectivity index (χ1) is 9.47. The van der Waals surface area contributed by atoms with E-state index in [1.54, 1.807) is 30.3 Å². The van der Waals surface area contributed by atoms with Gasteiger partial charge in [0.25, 0.3) is 0 Å². The molecule has 1 aliphatic rings. The van der Waals surface area contributed by atoms with Crippen molar-refractivity contribution in [2.24, 2.45) is 0 Å². The predicted molar refractivity (Wildman–Crippen MR) is 73.6 cm³/mol. The van der Waals surface area contributed by atoms with E-state index in [1.165, 1.54) is 6.08 Å². The molecule has 4 N–H and O–H groups in total. The number of nitrogens with two attached hydrogens (primary N) is 1. The van der Waals surface area contributed by atoms with Crippen LogP contribution in [0.25, 0.3) is 6.08 Å². The first-order valence-corrected chi connectivity index (χ1v) is 6.22. The number of hydrogen-bond acceptors (Lipinski definition) is 4. The Hall–Kier alpha value is -2.34. The molecule has 0 aromatic heterocycles. The molecule has 6 nitrogen and oxygen atoms in total. The Balaban J connectivity index is 2.09. The lowest BCUT2D eigenvalue weighted by Crippen LogP contribution is -2.39. The second-order valence-electron chi connectivity index (χ2n) is 4.74. The normalized spacial score (nSPS) is 22.4. The van der Waals surface area contributed by atoms with Crippen LogP contribution in [0.3, 0.4) is 0 Å². The number of aliphatic hydroxyl groups excluding tert-OH is 1. The van der Waals surface area contributed by atoms with Gasteiger partial charge in [0.1, 0.15) is 6.04 Å². The Morgan fingerprint density at radius 1 is 1.40 bits per heavy atom. The van der Waals surface area contributed by atoms with Crippen molar-refractivity contribution < 1.29 is 19.8 Å². The van der Waals surface area contributed by atoms with Gasteiger partial charge in [-0.25, -0.2) is 4.79 Å². The topological polar surface area (TPSA) is 104 Å². The fourth-order valence-electron chi connectivity index (χ4n) is 2.22. The van der Waals surface area contributed by atoms with Crippen molar-refractivity contribution >= 4 is 23.6 Å². The molecule has 1 saturated heterocycles. The maximum absolute atomic E-state index is 12.0. The number of aliphatic hydroxyl groups is 1. The number of rotatable bonds is 3. The van der Waals surface area contributed by atoms with Gasteiger partial charge < -0.3 is 20.8 Å². The molecule has 0 bridgehead atoms. The molecule has 1 aromatic rings. The summed E-state index contributed by atoms with van der Waals surface area (Å²) >= 11 is 0. The van der Waals surface area contributed by atoms with Gasteiger partial charge in [0.2, 0.25) is 5.91 Å². The fraction of sp³-hybridized carbons (Fsp3) is 0.286. The van der Waals surface area contributed by atoms with Crippen molar-refractivity contribution in [1.82, 2.24) is 4.90 Å². The minimum absolute atomic E-state index is 0.0388. The molecule has 0 unspecified atom stereocenters. The van der Waals surface area contributed by atoms with Gasteiger partial charge in [-0.05, 0) is 23.8 Å². The summed E-state index contributed by atoms with van der Waals surface area (Å²) in [5.74, 6) is -1.54. The number of hydrogen-bond donors (Lipinski definition) is 3. The number of amides is 1. The third-order valence-corrected chi connectivity index (χ3v) is 3.18. The summed E-state index contributed by atoms with van der Waals surface area (Å²) in [5.41, 5.74) is 6.96. The van der Waals surface area contributed by atoms with Crippen LogP contribution in [0.2, 0.25) is 0 Å². The quantitative estimate of drug-likeness (QED) is 0.545. The summed E-state index contributed by atoms with van der Waals surface area (Å²) in [7, 11) is 0. The van der Waals surface area contributed by atoms with E-state index in [0.29, 0.717) is 5.69 Å². The smallest absolute Gasteiger partial charge is 0.326 e. The van der Waals surface area contributed by atoms with E-state index < -0.39 is 24.0 Å². The molecule has 2 atom stereocenters. The zero-order chi connectivity index (χ0) is 14.7. The van der Waals surface area contributed by atoms with Crippen LogP contribution in [-0.4, -0.2) is 45.7 Å². The Labute approximate surface area is 116 Å². The first kappa shape index (κ1) is 14.1. The summed E-state index contributed by atoms with van der Waals surface area (Å²) in [4.78, 5) is 24.2.